The number of pyridine rings is 2. The molecule has 0 aliphatic rings. The van der Waals surface area contributed by atoms with Crippen molar-refractivity contribution >= 4 is 33.5 Å². The number of anilines is 1. The van der Waals surface area contributed by atoms with Crippen molar-refractivity contribution in [2.24, 2.45) is 0 Å². The van der Waals surface area contributed by atoms with Crippen LogP contribution in [0.15, 0.2) is 60.9 Å². The minimum atomic E-state index is -0.0484. The number of nitrogens with zero attached hydrogens (tertiary/aromatic N) is 3. The lowest BCUT2D eigenvalue weighted by molar-refractivity contribution is -0.120. The Labute approximate surface area is 177 Å². The number of nitrogen functional groups attached to an aromatic ring is 1. The molecule has 1 amide bonds. The largest absolute Gasteiger partial charge is 0.383 e. The minimum Gasteiger partial charge on any atom is -0.383 e. The van der Waals surface area contributed by atoms with Crippen molar-refractivity contribution in [2.75, 3.05) is 12.3 Å². The van der Waals surface area contributed by atoms with Crippen LogP contribution < -0.4 is 11.1 Å². The molecular formula is C23H21N7O. The zero-order valence-corrected chi connectivity index (χ0v) is 16.7. The van der Waals surface area contributed by atoms with Crippen LogP contribution in [0, 0.1) is 0 Å². The second-order valence-corrected chi connectivity index (χ2v) is 7.38. The third-order valence-electron chi connectivity index (χ3n) is 5.25. The van der Waals surface area contributed by atoms with Gasteiger partial charge in [0.1, 0.15) is 5.82 Å². The third kappa shape index (κ3) is 3.83. The molecule has 0 aliphatic heterocycles. The molecule has 0 saturated heterocycles. The van der Waals surface area contributed by atoms with Gasteiger partial charge in [0.25, 0.3) is 0 Å². The fourth-order valence-corrected chi connectivity index (χ4v) is 3.74. The van der Waals surface area contributed by atoms with Gasteiger partial charge in [-0.1, -0.05) is 18.2 Å². The molecule has 8 nitrogen and oxygen atoms in total. The molecule has 5 aromatic rings. The molecule has 0 atom stereocenters. The lowest BCUT2D eigenvalue weighted by Crippen LogP contribution is -2.27. The first kappa shape index (κ1) is 18.8. The summed E-state index contributed by atoms with van der Waals surface area (Å²) < 4.78 is 0. The second kappa shape index (κ2) is 7.91. The highest BCUT2D eigenvalue weighted by atomic mass is 16.1. The van der Waals surface area contributed by atoms with Crippen molar-refractivity contribution in [1.82, 2.24) is 30.5 Å². The van der Waals surface area contributed by atoms with Gasteiger partial charge in [-0.15, -0.1) is 0 Å². The van der Waals surface area contributed by atoms with E-state index in [1.165, 1.54) is 0 Å². The molecule has 0 unspecified atom stereocenters. The van der Waals surface area contributed by atoms with Crippen LogP contribution in [-0.2, 0) is 17.6 Å². The van der Waals surface area contributed by atoms with E-state index in [-0.39, 0.29) is 12.3 Å². The van der Waals surface area contributed by atoms with Gasteiger partial charge in [0.15, 0.2) is 0 Å². The van der Waals surface area contributed by atoms with Crippen molar-refractivity contribution in [3.63, 3.8) is 0 Å². The van der Waals surface area contributed by atoms with Gasteiger partial charge in [-0.05, 0) is 30.3 Å². The molecule has 8 heteroatoms. The molecule has 4 aromatic heterocycles. The van der Waals surface area contributed by atoms with E-state index in [2.05, 4.69) is 30.5 Å². The monoisotopic (exact) mass is 411 g/mol. The summed E-state index contributed by atoms with van der Waals surface area (Å²) in [5, 5.41) is 11.8. The predicted molar refractivity (Wildman–Crippen MR) is 120 cm³/mol. The van der Waals surface area contributed by atoms with Gasteiger partial charge < -0.3 is 16.0 Å². The summed E-state index contributed by atoms with van der Waals surface area (Å²) in [6, 6.07) is 15.5. The highest BCUT2D eigenvalue weighted by Gasteiger charge is 2.12. The number of aromatic amines is 2. The lowest BCUT2D eigenvalue weighted by atomic mass is 10.1. The van der Waals surface area contributed by atoms with Crippen LogP contribution in [0.2, 0.25) is 0 Å². The molecule has 0 bridgehead atoms. The average molecular weight is 411 g/mol. The van der Waals surface area contributed by atoms with E-state index in [4.69, 9.17) is 5.73 Å². The van der Waals surface area contributed by atoms with Crippen molar-refractivity contribution in [1.29, 1.82) is 0 Å². The first-order chi connectivity index (χ1) is 15.2. The number of H-pyrrole nitrogens is 2. The molecule has 154 valence electrons. The normalized spacial score (nSPS) is 11.2. The molecule has 4 heterocycles. The van der Waals surface area contributed by atoms with Gasteiger partial charge in [0, 0.05) is 53.1 Å². The van der Waals surface area contributed by atoms with E-state index < -0.39 is 0 Å². The van der Waals surface area contributed by atoms with Crippen molar-refractivity contribution in [3.05, 3.63) is 72.3 Å². The van der Waals surface area contributed by atoms with Crippen LogP contribution in [0.1, 0.15) is 11.4 Å². The van der Waals surface area contributed by atoms with Crippen molar-refractivity contribution < 1.29 is 4.79 Å². The molecule has 0 radical (unpaired) electrons. The summed E-state index contributed by atoms with van der Waals surface area (Å²) in [4.78, 5) is 24.4. The molecule has 0 saturated carbocycles. The fourth-order valence-electron chi connectivity index (χ4n) is 3.74. The molecule has 0 fully saturated rings. The Morgan fingerprint density at radius 3 is 2.81 bits per heavy atom. The van der Waals surface area contributed by atoms with Gasteiger partial charge in [0.05, 0.1) is 23.1 Å². The van der Waals surface area contributed by atoms with Crippen LogP contribution in [0.5, 0.6) is 0 Å². The predicted octanol–water partition coefficient (Wildman–Crippen LogP) is 2.98. The van der Waals surface area contributed by atoms with E-state index in [1.54, 1.807) is 12.4 Å². The zero-order valence-electron chi connectivity index (χ0n) is 16.7. The average Bonchev–Trinajstić information content (AvgIpc) is 3.45. The molecular weight excluding hydrogens is 390 g/mol. The highest BCUT2D eigenvalue weighted by Crippen LogP contribution is 2.30. The van der Waals surface area contributed by atoms with E-state index in [1.807, 2.05) is 48.5 Å². The first-order valence-corrected chi connectivity index (χ1v) is 10.0. The number of benzene rings is 1. The molecule has 1 aromatic carbocycles. The Hall–Kier alpha value is -4.20. The summed E-state index contributed by atoms with van der Waals surface area (Å²) in [5.41, 5.74) is 11.7. The van der Waals surface area contributed by atoms with Gasteiger partial charge in [-0.2, -0.15) is 5.10 Å². The maximum absolute atomic E-state index is 12.1. The number of carbonyl (C=O) groups is 1. The summed E-state index contributed by atoms with van der Waals surface area (Å²) in [6.07, 6.45) is 4.34. The van der Waals surface area contributed by atoms with Gasteiger partial charge >= 0.3 is 0 Å². The SMILES string of the molecule is Nc1nc2cc(-c3ccn[nH]3)ccc2c2[nH]c(CCNC(=O)Cc3ccccn3)cc12. The molecule has 0 aliphatic carbocycles. The van der Waals surface area contributed by atoms with Crippen molar-refractivity contribution in [2.45, 2.75) is 12.8 Å². The van der Waals surface area contributed by atoms with E-state index in [0.29, 0.717) is 18.8 Å². The number of nitrogens with one attached hydrogen (secondary N) is 3. The quantitative estimate of drug-likeness (QED) is 0.342. The van der Waals surface area contributed by atoms with Crippen LogP contribution in [0.25, 0.3) is 33.1 Å². The Bertz CT molecular complexity index is 1360. The van der Waals surface area contributed by atoms with Crippen molar-refractivity contribution in [3.8, 4) is 11.3 Å². The van der Waals surface area contributed by atoms with Crippen LogP contribution in [-0.4, -0.2) is 37.6 Å². The lowest BCUT2D eigenvalue weighted by Gasteiger charge is -2.05. The molecule has 0 spiro atoms. The Morgan fingerprint density at radius 1 is 1.06 bits per heavy atom. The van der Waals surface area contributed by atoms with Gasteiger partial charge in [0.2, 0.25) is 5.91 Å². The number of rotatable bonds is 6. The van der Waals surface area contributed by atoms with E-state index in [0.717, 1.165) is 44.5 Å². The second-order valence-electron chi connectivity index (χ2n) is 7.38. The molecule has 31 heavy (non-hydrogen) atoms. The smallest absolute Gasteiger partial charge is 0.226 e. The molecule has 5 N–H and O–H groups in total. The summed E-state index contributed by atoms with van der Waals surface area (Å²) in [7, 11) is 0. The maximum Gasteiger partial charge on any atom is 0.226 e. The molecule has 5 rings (SSSR count). The number of carbonyl (C=O) groups excluding carboxylic acids is 1. The Morgan fingerprint density at radius 2 is 2.00 bits per heavy atom. The number of amides is 1. The number of hydrogen-bond donors (Lipinski definition) is 4. The maximum atomic E-state index is 12.1. The number of hydrogen-bond acceptors (Lipinski definition) is 5. The summed E-state index contributed by atoms with van der Waals surface area (Å²) >= 11 is 0. The van der Waals surface area contributed by atoms with Crippen LogP contribution in [0.3, 0.4) is 0 Å². The first-order valence-electron chi connectivity index (χ1n) is 10.0. The van der Waals surface area contributed by atoms with E-state index >= 15 is 0 Å². The zero-order chi connectivity index (χ0) is 21.2. The van der Waals surface area contributed by atoms with E-state index in [9.17, 15) is 4.79 Å². The highest BCUT2D eigenvalue weighted by molar-refractivity contribution is 6.08. The number of aromatic nitrogens is 5. The van der Waals surface area contributed by atoms with Gasteiger partial charge in [-0.3, -0.25) is 14.9 Å². The number of fused-ring (bicyclic) bond motifs is 3. The topological polar surface area (TPSA) is 125 Å². The summed E-state index contributed by atoms with van der Waals surface area (Å²) in [5.74, 6) is 0.429. The summed E-state index contributed by atoms with van der Waals surface area (Å²) in [6.45, 7) is 0.522. The minimum absolute atomic E-state index is 0.0484. The van der Waals surface area contributed by atoms with Crippen LogP contribution in [0.4, 0.5) is 5.82 Å². The fraction of sp³-hybridized carbons (Fsp3) is 0.130. The standard InChI is InChI=1S/C23H21N7O/c24-23-18-12-16(6-9-26-21(31)13-15-3-1-2-8-25-15)28-22(18)17-5-4-14(11-20(17)29-23)19-7-10-27-30-19/h1-5,7-8,10-12,28H,6,9,13H2,(H2,24,29)(H,26,31)(H,27,30). The number of nitrogens with two attached hydrogens (primary N) is 1. The Kier molecular flexibility index (Phi) is 4.80. The van der Waals surface area contributed by atoms with Crippen LogP contribution >= 0.6 is 0 Å². The van der Waals surface area contributed by atoms with Gasteiger partial charge in [-0.25, -0.2) is 4.98 Å². The Balaban J connectivity index is 1.34. The third-order valence-corrected chi connectivity index (χ3v) is 5.25.